The summed E-state index contributed by atoms with van der Waals surface area (Å²) in [5.74, 6) is 3.12. The van der Waals surface area contributed by atoms with Gasteiger partial charge in [-0.15, -0.1) is 35.3 Å². The predicted octanol–water partition coefficient (Wildman–Crippen LogP) is 4.65. The third kappa shape index (κ3) is 8.40. The van der Waals surface area contributed by atoms with Gasteiger partial charge in [-0.05, 0) is 44.2 Å². The minimum absolute atomic E-state index is 0. The Morgan fingerprint density at radius 1 is 1.25 bits per heavy atom. The molecule has 176 valence electrons. The normalized spacial score (nSPS) is 15.6. The molecule has 0 atom stereocenters. The molecule has 2 N–H and O–H groups in total. The highest BCUT2D eigenvalue weighted by atomic mass is 127. The molecule has 1 saturated carbocycles. The van der Waals surface area contributed by atoms with Crippen LogP contribution in [0.15, 0.2) is 28.6 Å². The minimum Gasteiger partial charge on any atom is -0.490 e. The van der Waals surface area contributed by atoms with Crippen molar-refractivity contribution in [1.29, 1.82) is 0 Å². The summed E-state index contributed by atoms with van der Waals surface area (Å²) >= 11 is 1.68. The highest BCUT2D eigenvalue weighted by Crippen LogP contribution is 2.32. The van der Waals surface area contributed by atoms with Crippen molar-refractivity contribution in [3.63, 3.8) is 0 Å². The van der Waals surface area contributed by atoms with Crippen molar-refractivity contribution >= 4 is 47.0 Å². The molecule has 9 heteroatoms. The van der Waals surface area contributed by atoms with Gasteiger partial charge in [0.1, 0.15) is 0 Å². The lowest BCUT2D eigenvalue weighted by Gasteiger charge is -2.14. The van der Waals surface area contributed by atoms with Crippen LogP contribution in [0.3, 0.4) is 0 Å². The molecule has 0 unspecified atom stereocenters. The SMILES string of the molecule is Cc1nc(CCNC(=NCCCOCC2CC2)Nc2ccc3c(c2)OCCCO3)cs1.I. The van der Waals surface area contributed by atoms with Gasteiger partial charge in [0.2, 0.25) is 0 Å². The Hall–Kier alpha value is -1.59. The highest BCUT2D eigenvalue weighted by molar-refractivity contribution is 14.0. The molecule has 1 aliphatic heterocycles. The maximum Gasteiger partial charge on any atom is 0.195 e. The third-order valence-electron chi connectivity index (χ3n) is 5.12. The van der Waals surface area contributed by atoms with E-state index >= 15 is 0 Å². The average Bonchev–Trinajstić information content (AvgIpc) is 3.54. The van der Waals surface area contributed by atoms with Crippen molar-refractivity contribution in [1.82, 2.24) is 10.3 Å². The van der Waals surface area contributed by atoms with Crippen molar-refractivity contribution < 1.29 is 14.2 Å². The van der Waals surface area contributed by atoms with Crippen LogP contribution in [0.25, 0.3) is 0 Å². The Morgan fingerprint density at radius 3 is 2.88 bits per heavy atom. The molecular weight excluding hydrogens is 539 g/mol. The molecule has 1 aliphatic carbocycles. The molecule has 1 fully saturated rings. The zero-order valence-electron chi connectivity index (χ0n) is 18.6. The molecule has 2 aromatic rings. The number of ether oxygens (including phenoxy) is 3. The smallest absolute Gasteiger partial charge is 0.195 e. The maximum atomic E-state index is 5.81. The van der Waals surface area contributed by atoms with Gasteiger partial charge in [-0.1, -0.05) is 0 Å². The number of nitrogens with zero attached hydrogens (tertiary/aromatic N) is 2. The topological polar surface area (TPSA) is 77.0 Å². The number of aromatic nitrogens is 1. The number of fused-ring (bicyclic) bond motifs is 1. The second-order valence-electron chi connectivity index (χ2n) is 7.97. The van der Waals surface area contributed by atoms with Gasteiger partial charge < -0.3 is 24.8 Å². The first-order valence-electron chi connectivity index (χ1n) is 11.2. The molecule has 0 saturated heterocycles. The van der Waals surface area contributed by atoms with Crippen LogP contribution in [-0.4, -0.2) is 50.5 Å². The molecule has 0 amide bonds. The number of guanidine groups is 1. The number of rotatable bonds is 10. The number of aliphatic imine (C=N–C) groups is 1. The van der Waals surface area contributed by atoms with E-state index in [1.807, 2.05) is 25.1 Å². The Morgan fingerprint density at radius 2 is 2.09 bits per heavy atom. The van der Waals surface area contributed by atoms with Gasteiger partial charge in [0.25, 0.3) is 0 Å². The van der Waals surface area contributed by atoms with Crippen molar-refractivity contribution in [2.24, 2.45) is 10.9 Å². The van der Waals surface area contributed by atoms with Gasteiger partial charge in [-0.25, -0.2) is 4.98 Å². The molecule has 2 aliphatic rings. The molecule has 4 rings (SSSR count). The predicted molar refractivity (Wildman–Crippen MR) is 140 cm³/mol. The first-order chi connectivity index (χ1) is 15.3. The maximum absolute atomic E-state index is 5.81. The number of anilines is 1. The Bertz CT molecular complexity index is 873. The first kappa shape index (κ1) is 25.0. The molecule has 0 bridgehead atoms. The summed E-state index contributed by atoms with van der Waals surface area (Å²) < 4.78 is 17.3. The van der Waals surface area contributed by atoms with Crippen LogP contribution in [-0.2, 0) is 11.2 Å². The van der Waals surface area contributed by atoms with Crippen LogP contribution in [0.2, 0.25) is 0 Å². The van der Waals surface area contributed by atoms with Crippen LogP contribution in [0.4, 0.5) is 5.69 Å². The standard InChI is InChI=1S/C23H32N4O3S.HI/c1-17-26-20(16-31-17)8-10-25-23(24-9-2-11-28-15-18-4-5-18)27-19-6-7-21-22(14-19)30-13-3-12-29-21;/h6-7,14,16,18H,2-5,8-13,15H2,1H3,(H2,24,25,27);1H. The fraction of sp³-hybridized carbons (Fsp3) is 0.565. The summed E-state index contributed by atoms with van der Waals surface area (Å²) in [6.07, 6.45) is 5.31. The monoisotopic (exact) mass is 572 g/mol. The second kappa shape index (κ2) is 13.2. The lowest BCUT2D eigenvalue weighted by molar-refractivity contribution is 0.123. The zero-order chi connectivity index (χ0) is 21.3. The summed E-state index contributed by atoms with van der Waals surface area (Å²) in [5, 5.41) is 10.0. The summed E-state index contributed by atoms with van der Waals surface area (Å²) in [7, 11) is 0. The molecular formula is C23H33IN4O3S. The van der Waals surface area contributed by atoms with Crippen molar-refractivity contribution in [2.75, 3.05) is 44.8 Å². The van der Waals surface area contributed by atoms with E-state index in [4.69, 9.17) is 19.2 Å². The molecule has 32 heavy (non-hydrogen) atoms. The van der Waals surface area contributed by atoms with E-state index in [1.165, 1.54) is 12.8 Å². The van der Waals surface area contributed by atoms with Crippen molar-refractivity contribution in [2.45, 2.75) is 39.0 Å². The Labute approximate surface area is 211 Å². The fourth-order valence-electron chi connectivity index (χ4n) is 3.24. The molecule has 1 aromatic heterocycles. The summed E-state index contributed by atoms with van der Waals surface area (Å²) in [5.41, 5.74) is 2.03. The van der Waals surface area contributed by atoms with E-state index in [-0.39, 0.29) is 24.0 Å². The number of nitrogens with one attached hydrogen (secondary N) is 2. The van der Waals surface area contributed by atoms with E-state index < -0.39 is 0 Å². The van der Waals surface area contributed by atoms with E-state index in [2.05, 4.69) is 21.0 Å². The number of benzene rings is 1. The lowest BCUT2D eigenvalue weighted by atomic mass is 10.2. The molecule has 2 heterocycles. The first-order valence-corrected chi connectivity index (χ1v) is 12.1. The second-order valence-corrected chi connectivity index (χ2v) is 9.04. The van der Waals surface area contributed by atoms with Crippen molar-refractivity contribution in [3.05, 3.63) is 34.3 Å². The number of halogens is 1. The molecule has 7 nitrogen and oxygen atoms in total. The third-order valence-corrected chi connectivity index (χ3v) is 5.94. The Balaban J connectivity index is 0.00000289. The van der Waals surface area contributed by atoms with E-state index in [0.29, 0.717) is 19.8 Å². The van der Waals surface area contributed by atoms with Gasteiger partial charge in [0, 0.05) is 56.3 Å². The van der Waals surface area contributed by atoms with E-state index in [9.17, 15) is 0 Å². The van der Waals surface area contributed by atoms with E-state index in [0.717, 1.165) is 78.8 Å². The van der Waals surface area contributed by atoms with Gasteiger partial charge in [-0.3, -0.25) is 4.99 Å². The summed E-state index contributed by atoms with van der Waals surface area (Å²) in [6.45, 7) is 6.52. The van der Waals surface area contributed by atoms with Gasteiger partial charge in [0.05, 0.1) is 23.9 Å². The number of aryl methyl sites for hydroxylation is 1. The fourth-order valence-corrected chi connectivity index (χ4v) is 3.89. The van der Waals surface area contributed by atoms with Crippen molar-refractivity contribution in [3.8, 4) is 11.5 Å². The van der Waals surface area contributed by atoms with Crippen LogP contribution < -0.4 is 20.1 Å². The van der Waals surface area contributed by atoms with Crippen LogP contribution >= 0.6 is 35.3 Å². The molecule has 0 spiro atoms. The van der Waals surface area contributed by atoms with Gasteiger partial charge in [-0.2, -0.15) is 0 Å². The lowest BCUT2D eigenvalue weighted by Crippen LogP contribution is -2.32. The number of hydrogen-bond acceptors (Lipinski definition) is 6. The number of thiazole rings is 1. The summed E-state index contributed by atoms with van der Waals surface area (Å²) in [4.78, 5) is 9.28. The van der Waals surface area contributed by atoms with E-state index in [1.54, 1.807) is 11.3 Å². The highest BCUT2D eigenvalue weighted by Gasteiger charge is 2.20. The summed E-state index contributed by atoms with van der Waals surface area (Å²) in [6, 6.07) is 5.91. The Kier molecular flexibility index (Phi) is 10.3. The number of hydrogen-bond donors (Lipinski definition) is 2. The molecule has 0 radical (unpaired) electrons. The van der Waals surface area contributed by atoms with Crippen LogP contribution in [0.1, 0.15) is 36.4 Å². The largest absolute Gasteiger partial charge is 0.490 e. The zero-order valence-corrected chi connectivity index (χ0v) is 21.7. The van der Waals surface area contributed by atoms with Gasteiger partial charge >= 0.3 is 0 Å². The molecule has 1 aromatic carbocycles. The average molecular weight is 573 g/mol. The quantitative estimate of drug-likeness (QED) is 0.187. The van der Waals surface area contributed by atoms with Crippen LogP contribution in [0.5, 0.6) is 11.5 Å². The minimum atomic E-state index is 0. The van der Waals surface area contributed by atoms with Crippen LogP contribution in [0, 0.1) is 12.8 Å². The van der Waals surface area contributed by atoms with Gasteiger partial charge in [0.15, 0.2) is 17.5 Å².